The summed E-state index contributed by atoms with van der Waals surface area (Å²) in [7, 11) is 0.677. The lowest BCUT2D eigenvalue weighted by Gasteiger charge is -2.19. The zero-order chi connectivity index (χ0) is 16.0. The van der Waals surface area contributed by atoms with Gasteiger partial charge < -0.3 is 10.6 Å². The second kappa shape index (κ2) is 7.17. The quantitative estimate of drug-likeness (QED) is 0.727. The number of hydrogen-bond acceptors (Lipinski definition) is 5. The van der Waals surface area contributed by atoms with Gasteiger partial charge in [0.25, 0.3) is 0 Å². The molecule has 0 atom stereocenters. The third kappa shape index (κ3) is 4.53. The second-order valence-corrected chi connectivity index (χ2v) is 6.51. The zero-order valence-corrected chi connectivity index (χ0v) is 13.0. The molecule has 0 saturated heterocycles. The van der Waals surface area contributed by atoms with Crippen molar-refractivity contribution in [1.29, 1.82) is 0 Å². The van der Waals surface area contributed by atoms with Crippen LogP contribution in [0.25, 0.3) is 0 Å². The van der Waals surface area contributed by atoms with Gasteiger partial charge >= 0.3 is 0 Å². The number of nitrogens with zero attached hydrogens (tertiary/aromatic N) is 3. The molecular weight excluding hydrogens is 292 g/mol. The van der Waals surface area contributed by atoms with Gasteiger partial charge in [-0.1, -0.05) is 11.8 Å². The van der Waals surface area contributed by atoms with Gasteiger partial charge in [-0.15, -0.1) is 0 Å². The Labute approximate surface area is 124 Å². The Bertz CT molecular complexity index is 674. The van der Waals surface area contributed by atoms with Crippen LogP contribution in [-0.2, 0) is 14.8 Å². The monoisotopic (exact) mass is 310 g/mol. The van der Waals surface area contributed by atoms with Crippen LogP contribution in [0, 0.1) is 11.8 Å². The maximum Gasteiger partial charge on any atom is 0.244 e. The number of pyridine rings is 1. The maximum atomic E-state index is 12.4. The molecule has 0 aliphatic heterocycles. The summed E-state index contributed by atoms with van der Waals surface area (Å²) >= 11 is 0. The van der Waals surface area contributed by atoms with Crippen LogP contribution in [0.5, 0.6) is 0 Å². The van der Waals surface area contributed by atoms with Crippen molar-refractivity contribution in [2.75, 3.05) is 34.2 Å². The molecule has 2 N–H and O–H groups in total. The first-order chi connectivity index (χ1) is 9.78. The fourth-order valence-corrected chi connectivity index (χ4v) is 2.49. The summed E-state index contributed by atoms with van der Waals surface area (Å²) in [5, 5.41) is 0. The van der Waals surface area contributed by atoms with Gasteiger partial charge in [0.15, 0.2) is 0 Å². The Morgan fingerprint density at radius 1 is 1.33 bits per heavy atom. The predicted molar refractivity (Wildman–Crippen MR) is 78.7 cm³/mol. The van der Waals surface area contributed by atoms with Crippen LogP contribution < -0.4 is 5.73 Å². The lowest BCUT2D eigenvalue weighted by atomic mass is 10.3. The van der Waals surface area contributed by atoms with Gasteiger partial charge in [-0.05, 0) is 6.07 Å². The Kier molecular flexibility index (Phi) is 5.84. The van der Waals surface area contributed by atoms with Crippen molar-refractivity contribution in [3.05, 3.63) is 24.0 Å². The number of sulfonamides is 1. The molecule has 1 aromatic rings. The van der Waals surface area contributed by atoms with Crippen molar-refractivity contribution in [3.63, 3.8) is 0 Å². The fraction of sp³-hybridized carbons (Fsp3) is 0.385. The van der Waals surface area contributed by atoms with E-state index in [0.29, 0.717) is 5.56 Å². The summed E-state index contributed by atoms with van der Waals surface area (Å²) in [5.74, 6) is 5.04. The fourth-order valence-electron chi connectivity index (χ4n) is 1.38. The molecule has 1 heterocycles. The van der Waals surface area contributed by atoms with E-state index in [2.05, 4.69) is 16.8 Å². The topological polar surface area (TPSA) is 96.6 Å². The second-order valence-electron chi connectivity index (χ2n) is 4.46. The number of likely N-dealkylation sites (N-methyl/N-ethyl adjacent to an activating group) is 2. The Balaban J connectivity index is 3.05. The van der Waals surface area contributed by atoms with Crippen molar-refractivity contribution < 1.29 is 13.2 Å². The summed E-state index contributed by atoms with van der Waals surface area (Å²) in [4.78, 5) is 16.8. The van der Waals surface area contributed by atoms with Crippen LogP contribution in [0.3, 0.4) is 0 Å². The predicted octanol–water partition coefficient (Wildman–Crippen LogP) is -0.899. The van der Waals surface area contributed by atoms with E-state index in [1.165, 1.54) is 30.4 Å². The minimum atomic E-state index is -3.79. The van der Waals surface area contributed by atoms with E-state index < -0.39 is 10.0 Å². The van der Waals surface area contributed by atoms with Crippen molar-refractivity contribution in [2.45, 2.75) is 4.90 Å². The molecule has 1 amide bonds. The first-order valence-electron chi connectivity index (χ1n) is 6.09. The molecule has 1 aromatic heterocycles. The third-order valence-electron chi connectivity index (χ3n) is 2.61. The molecule has 0 radical (unpaired) electrons. The van der Waals surface area contributed by atoms with E-state index >= 15 is 0 Å². The number of amides is 1. The van der Waals surface area contributed by atoms with Crippen molar-refractivity contribution >= 4 is 15.9 Å². The SMILES string of the molecule is CN(C)C(=O)CN(C)S(=O)(=O)c1cncc(C#CCN)c1. The summed E-state index contributed by atoms with van der Waals surface area (Å²) < 4.78 is 25.7. The molecule has 21 heavy (non-hydrogen) atoms. The van der Waals surface area contributed by atoms with E-state index in [0.717, 1.165) is 4.31 Å². The Morgan fingerprint density at radius 3 is 2.57 bits per heavy atom. The van der Waals surface area contributed by atoms with E-state index in [9.17, 15) is 13.2 Å². The molecule has 0 spiro atoms. The van der Waals surface area contributed by atoms with Crippen LogP contribution in [0.15, 0.2) is 23.4 Å². The van der Waals surface area contributed by atoms with Crippen molar-refractivity contribution in [1.82, 2.24) is 14.2 Å². The first kappa shape index (κ1) is 17.1. The molecule has 114 valence electrons. The maximum absolute atomic E-state index is 12.4. The van der Waals surface area contributed by atoms with E-state index in [1.54, 1.807) is 14.1 Å². The molecule has 0 bridgehead atoms. The molecule has 0 aromatic carbocycles. The highest BCUT2D eigenvalue weighted by Crippen LogP contribution is 2.14. The minimum Gasteiger partial charge on any atom is -0.348 e. The average Bonchev–Trinajstić information content (AvgIpc) is 2.45. The zero-order valence-electron chi connectivity index (χ0n) is 12.2. The molecule has 0 aliphatic rings. The molecule has 0 unspecified atom stereocenters. The summed E-state index contributed by atoms with van der Waals surface area (Å²) in [6, 6.07) is 1.40. The van der Waals surface area contributed by atoms with Crippen LogP contribution in [0.2, 0.25) is 0 Å². The minimum absolute atomic E-state index is 0.0135. The van der Waals surface area contributed by atoms with E-state index in [4.69, 9.17) is 5.73 Å². The van der Waals surface area contributed by atoms with E-state index in [-0.39, 0.29) is 23.9 Å². The van der Waals surface area contributed by atoms with Gasteiger partial charge in [0.2, 0.25) is 15.9 Å². The summed E-state index contributed by atoms with van der Waals surface area (Å²) in [6.07, 6.45) is 2.67. The standard InChI is InChI=1S/C13H18N4O3S/c1-16(2)13(18)10-17(3)21(19,20)12-7-11(5-4-6-14)8-15-9-12/h7-9H,6,10,14H2,1-3H3. The van der Waals surface area contributed by atoms with Gasteiger partial charge in [-0.25, -0.2) is 8.42 Å². The van der Waals surface area contributed by atoms with Crippen molar-refractivity contribution in [2.24, 2.45) is 5.73 Å². The number of carbonyl (C=O) groups excluding carboxylic acids is 1. The number of rotatable bonds is 4. The molecule has 0 saturated carbocycles. The molecule has 7 nitrogen and oxygen atoms in total. The number of nitrogens with two attached hydrogens (primary N) is 1. The Morgan fingerprint density at radius 2 is 2.00 bits per heavy atom. The molecule has 1 rings (SSSR count). The van der Waals surface area contributed by atoms with Crippen LogP contribution >= 0.6 is 0 Å². The smallest absolute Gasteiger partial charge is 0.244 e. The van der Waals surface area contributed by atoms with Gasteiger partial charge in [0.05, 0.1) is 13.1 Å². The van der Waals surface area contributed by atoms with Gasteiger partial charge in [-0.3, -0.25) is 9.78 Å². The summed E-state index contributed by atoms with van der Waals surface area (Å²) in [5.41, 5.74) is 5.72. The van der Waals surface area contributed by atoms with Gasteiger partial charge in [0.1, 0.15) is 4.90 Å². The van der Waals surface area contributed by atoms with E-state index in [1.807, 2.05) is 0 Å². The molecule has 0 aliphatic carbocycles. The number of aromatic nitrogens is 1. The van der Waals surface area contributed by atoms with Crippen LogP contribution in [0.1, 0.15) is 5.56 Å². The molecule has 0 fully saturated rings. The highest BCUT2D eigenvalue weighted by molar-refractivity contribution is 7.89. The van der Waals surface area contributed by atoms with Gasteiger partial charge in [-0.2, -0.15) is 4.31 Å². The lowest BCUT2D eigenvalue weighted by Crippen LogP contribution is -2.37. The van der Waals surface area contributed by atoms with Crippen LogP contribution in [0.4, 0.5) is 0 Å². The summed E-state index contributed by atoms with van der Waals surface area (Å²) in [6.45, 7) is -0.0672. The third-order valence-corrected chi connectivity index (χ3v) is 4.38. The molecular formula is C13H18N4O3S. The van der Waals surface area contributed by atoms with Crippen LogP contribution in [-0.4, -0.2) is 62.7 Å². The highest BCUT2D eigenvalue weighted by Gasteiger charge is 2.24. The highest BCUT2D eigenvalue weighted by atomic mass is 32.2. The molecule has 8 heteroatoms. The number of hydrogen-bond donors (Lipinski definition) is 1. The lowest BCUT2D eigenvalue weighted by molar-refractivity contribution is -0.128. The normalized spacial score (nSPS) is 10.9. The Hall–Kier alpha value is -1.95. The van der Waals surface area contributed by atoms with Crippen molar-refractivity contribution in [3.8, 4) is 11.8 Å². The number of carbonyl (C=O) groups is 1. The first-order valence-corrected chi connectivity index (χ1v) is 7.53. The largest absolute Gasteiger partial charge is 0.348 e. The van der Waals surface area contributed by atoms with Gasteiger partial charge in [0, 0.05) is 39.1 Å². The average molecular weight is 310 g/mol.